The lowest BCUT2D eigenvalue weighted by Gasteiger charge is -2.11. The Morgan fingerprint density at radius 2 is 2.10 bits per heavy atom. The molecule has 1 aliphatic rings. The Labute approximate surface area is 56.4 Å². The highest BCUT2D eigenvalue weighted by atomic mass is 19.4. The van der Waals surface area contributed by atoms with E-state index in [1.54, 1.807) is 0 Å². The van der Waals surface area contributed by atoms with E-state index in [4.69, 9.17) is 0 Å². The Balaban J connectivity index is 2.24. The average molecular weight is 154 g/mol. The van der Waals surface area contributed by atoms with Crippen LogP contribution in [0.15, 0.2) is 0 Å². The summed E-state index contributed by atoms with van der Waals surface area (Å²) in [5, 5.41) is 3.72. The van der Waals surface area contributed by atoms with Crippen molar-refractivity contribution in [2.24, 2.45) is 0 Å². The molecule has 59 valence electrons. The van der Waals surface area contributed by atoms with Crippen LogP contribution in [0.2, 0.25) is 0 Å². The lowest BCUT2D eigenvalue weighted by atomic mass is 10.3. The number of nitrogens with zero attached hydrogens (tertiary/aromatic N) is 1. The van der Waals surface area contributed by atoms with Crippen LogP contribution in [0.25, 0.3) is 0 Å². The van der Waals surface area contributed by atoms with E-state index in [1.165, 1.54) is 0 Å². The smallest absolute Gasteiger partial charge is 0.287 e. The molecule has 1 radical (unpaired) electrons. The summed E-state index contributed by atoms with van der Waals surface area (Å²) in [6, 6.07) is 0. The van der Waals surface area contributed by atoms with Gasteiger partial charge in [-0.1, -0.05) is 0 Å². The van der Waals surface area contributed by atoms with Gasteiger partial charge in [0.1, 0.15) is 0 Å². The van der Waals surface area contributed by atoms with Crippen molar-refractivity contribution in [3.05, 3.63) is 0 Å². The van der Waals surface area contributed by atoms with Crippen LogP contribution in [0.1, 0.15) is 6.42 Å². The molecule has 1 fully saturated rings. The van der Waals surface area contributed by atoms with E-state index in [1.807, 2.05) is 0 Å². The van der Waals surface area contributed by atoms with Gasteiger partial charge in [-0.15, -0.1) is 13.2 Å². The fraction of sp³-hybridized carbons (Fsp3) is 1.00. The number of hydrogen-bond acceptors (Lipinski definition) is 1. The van der Waals surface area contributed by atoms with E-state index in [9.17, 15) is 13.2 Å². The molecule has 0 aromatic heterocycles. The van der Waals surface area contributed by atoms with E-state index < -0.39 is 12.5 Å². The van der Waals surface area contributed by atoms with E-state index >= 15 is 0 Å². The zero-order chi connectivity index (χ0) is 7.61. The van der Waals surface area contributed by atoms with Gasteiger partial charge in [-0.2, -0.15) is 0 Å². The van der Waals surface area contributed by atoms with Crippen LogP contribution >= 0.6 is 0 Å². The van der Waals surface area contributed by atoms with Crippen molar-refractivity contribution in [3.8, 4) is 0 Å². The molecule has 2 nitrogen and oxygen atoms in total. The Hall–Kier alpha value is -0.290. The van der Waals surface area contributed by atoms with Crippen LogP contribution in [0.3, 0.4) is 0 Å². The van der Waals surface area contributed by atoms with Gasteiger partial charge < -0.3 is 0 Å². The third-order valence-corrected chi connectivity index (χ3v) is 1.24. The van der Waals surface area contributed by atoms with Crippen molar-refractivity contribution in [1.82, 2.24) is 5.32 Å². The maximum absolute atomic E-state index is 11.4. The predicted octanol–water partition coefficient (Wildman–Crippen LogP) is 0.899. The molecular formula is C5H7F3NO. The molecule has 0 aromatic rings. The topological polar surface area (TPSA) is 23.3 Å². The quantitative estimate of drug-likeness (QED) is 0.550. The molecule has 1 saturated heterocycles. The first-order chi connectivity index (χ1) is 4.58. The van der Waals surface area contributed by atoms with E-state index in [0.717, 1.165) is 0 Å². The molecule has 1 heterocycles. The van der Waals surface area contributed by atoms with Gasteiger partial charge in [-0.05, 0) is 6.42 Å². The molecule has 0 bridgehead atoms. The molecule has 0 N–H and O–H groups in total. The van der Waals surface area contributed by atoms with Crippen LogP contribution < -0.4 is 5.32 Å². The fourth-order valence-electron chi connectivity index (χ4n) is 0.847. The van der Waals surface area contributed by atoms with Crippen LogP contribution in [-0.4, -0.2) is 25.6 Å². The summed E-state index contributed by atoms with van der Waals surface area (Å²) in [5.41, 5.74) is 0. The first-order valence-corrected chi connectivity index (χ1v) is 2.96. The second-order valence-corrected chi connectivity index (χ2v) is 2.10. The SMILES string of the molecule is FC(F)(F)OC1CC[N]C1. The zero-order valence-corrected chi connectivity index (χ0v) is 5.19. The highest BCUT2D eigenvalue weighted by Crippen LogP contribution is 2.21. The van der Waals surface area contributed by atoms with Crippen LogP contribution in [0.4, 0.5) is 13.2 Å². The van der Waals surface area contributed by atoms with Gasteiger partial charge in [0.15, 0.2) is 0 Å². The van der Waals surface area contributed by atoms with Gasteiger partial charge >= 0.3 is 6.36 Å². The number of halogens is 3. The summed E-state index contributed by atoms with van der Waals surface area (Å²) >= 11 is 0. The van der Waals surface area contributed by atoms with Gasteiger partial charge in [0.25, 0.3) is 0 Å². The lowest BCUT2D eigenvalue weighted by Crippen LogP contribution is -2.24. The van der Waals surface area contributed by atoms with Crippen molar-refractivity contribution in [1.29, 1.82) is 0 Å². The Morgan fingerprint density at radius 1 is 1.40 bits per heavy atom. The van der Waals surface area contributed by atoms with Crippen molar-refractivity contribution < 1.29 is 17.9 Å². The largest absolute Gasteiger partial charge is 0.522 e. The molecule has 1 rings (SSSR count). The Bertz CT molecular complexity index is 108. The second-order valence-electron chi connectivity index (χ2n) is 2.10. The molecule has 0 spiro atoms. The molecule has 10 heavy (non-hydrogen) atoms. The minimum Gasteiger partial charge on any atom is -0.287 e. The second kappa shape index (κ2) is 2.75. The number of alkyl halides is 3. The first kappa shape index (κ1) is 7.81. The minimum absolute atomic E-state index is 0.180. The monoisotopic (exact) mass is 154 g/mol. The van der Waals surface area contributed by atoms with Crippen molar-refractivity contribution >= 4 is 0 Å². The Kier molecular flexibility index (Phi) is 2.15. The predicted molar refractivity (Wildman–Crippen MR) is 27.4 cm³/mol. The Morgan fingerprint density at radius 3 is 2.50 bits per heavy atom. The van der Waals surface area contributed by atoms with E-state index in [0.29, 0.717) is 13.0 Å². The van der Waals surface area contributed by atoms with E-state index in [2.05, 4.69) is 10.1 Å². The standard InChI is InChI=1S/C5H7F3NO/c6-5(7,8)10-4-1-2-9-3-4/h4H,1-3H2. The summed E-state index contributed by atoms with van der Waals surface area (Å²) in [6.07, 6.45) is -4.84. The average Bonchev–Trinajstić information content (AvgIpc) is 2.12. The summed E-state index contributed by atoms with van der Waals surface area (Å²) in [4.78, 5) is 0. The minimum atomic E-state index is -4.50. The van der Waals surface area contributed by atoms with Gasteiger partial charge in [0.2, 0.25) is 0 Å². The van der Waals surface area contributed by atoms with Crippen LogP contribution in [0, 0.1) is 0 Å². The molecule has 1 atom stereocenters. The van der Waals surface area contributed by atoms with Gasteiger partial charge in [0.05, 0.1) is 6.10 Å². The van der Waals surface area contributed by atoms with Crippen molar-refractivity contribution in [2.45, 2.75) is 18.9 Å². The molecule has 1 unspecified atom stereocenters. The number of hydrogen-bond donors (Lipinski definition) is 0. The first-order valence-electron chi connectivity index (χ1n) is 2.96. The van der Waals surface area contributed by atoms with Crippen LogP contribution in [-0.2, 0) is 4.74 Å². The van der Waals surface area contributed by atoms with Gasteiger partial charge in [0, 0.05) is 13.1 Å². The van der Waals surface area contributed by atoms with Crippen molar-refractivity contribution in [3.63, 3.8) is 0 Å². The number of rotatable bonds is 1. The molecule has 5 heteroatoms. The highest BCUT2D eigenvalue weighted by molar-refractivity contribution is 4.70. The van der Waals surface area contributed by atoms with Crippen LogP contribution in [0.5, 0.6) is 0 Å². The molecule has 0 saturated carbocycles. The number of ether oxygens (including phenoxy) is 1. The summed E-state index contributed by atoms with van der Waals surface area (Å²) in [7, 11) is 0. The van der Waals surface area contributed by atoms with E-state index in [-0.39, 0.29) is 6.54 Å². The summed E-state index contributed by atoms with van der Waals surface area (Å²) in [6.45, 7) is 0.667. The van der Waals surface area contributed by atoms with Gasteiger partial charge in [-0.3, -0.25) is 4.74 Å². The fourth-order valence-corrected chi connectivity index (χ4v) is 0.847. The third kappa shape index (κ3) is 2.53. The lowest BCUT2D eigenvalue weighted by molar-refractivity contribution is -0.339. The maximum atomic E-state index is 11.4. The molecule has 0 amide bonds. The molecule has 0 aliphatic carbocycles. The highest BCUT2D eigenvalue weighted by Gasteiger charge is 2.34. The molecular weight excluding hydrogens is 147 g/mol. The molecule has 1 aliphatic heterocycles. The van der Waals surface area contributed by atoms with Gasteiger partial charge in [-0.25, -0.2) is 5.32 Å². The normalized spacial score (nSPS) is 27.3. The molecule has 0 aromatic carbocycles. The summed E-state index contributed by atoms with van der Waals surface area (Å²) < 4.78 is 38.0. The summed E-state index contributed by atoms with van der Waals surface area (Å²) in [5.74, 6) is 0. The van der Waals surface area contributed by atoms with Crippen molar-refractivity contribution in [2.75, 3.05) is 13.1 Å². The zero-order valence-electron chi connectivity index (χ0n) is 5.19. The third-order valence-electron chi connectivity index (χ3n) is 1.24. The maximum Gasteiger partial charge on any atom is 0.522 e.